The lowest BCUT2D eigenvalue weighted by Gasteiger charge is -2.32. The van der Waals surface area contributed by atoms with Crippen molar-refractivity contribution in [2.24, 2.45) is 5.92 Å². The maximum Gasteiger partial charge on any atom is 0.416 e. The average Bonchev–Trinajstić information content (AvgIpc) is 3.21. The molecular formula is C24H35F3N2O2. The average molecular weight is 441 g/mol. The maximum absolute atomic E-state index is 13.4. The van der Waals surface area contributed by atoms with Crippen LogP contribution in [0, 0.1) is 5.92 Å². The number of fused-ring (bicyclic) bond motifs is 1. The van der Waals surface area contributed by atoms with Gasteiger partial charge in [0.2, 0.25) is 5.91 Å². The fraction of sp³-hybridized carbons (Fsp3) is 0.708. The molecule has 0 aromatic heterocycles. The topological polar surface area (TPSA) is 41.6 Å². The van der Waals surface area contributed by atoms with Gasteiger partial charge in [-0.15, -0.1) is 0 Å². The fourth-order valence-corrected chi connectivity index (χ4v) is 4.85. The van der Waals surface area contributed by atoms with Crippen molar-refractivity contribution in [1.82, 2.24) is 10.2 Å². The number of carbonyl (C=O) groups is 1. The van der Waals surface area contributed by atoms with E-state index in [1.54, 1.807) is 11.0 Å². The Labute approximate surface area is 183 Å². The van der Waals surface area contributed by atoms with Gasteiger partial charge in [0.25, 0.3) is 0 Å². The number of halogens is 3. The number of amides is 1. The van der Waals surface area contributed by atoms with Gasteiger partial charge in [-0.3, -0.25) is 4.79 Å². The molecule has 3 aliphatic rings. The minimum Gasteiger partial charge on any atom is -0.381 e. The summed E-state index contributed by atoms with van der Waals surface area (Å²) in [6.07, 6.45) is 1.89. The van der Waals surface area contributed by atoms with Crippen LogP contribution in [0.4, 0.5) is 13.2 Å². The fourth-order valence-electron chi connectivity index (χ4n) is 4.85. The van der Waals surface area contributed by atoms with Gasteiger partial charge < -0.3 is 15.0 Å². The molecule has 31 heavy (non-hydrogen) atoms. The monoisotopic (exact) mass is 440 g/mol. The molecule has 1 N–H and O–H groups in total. The van der Waals surface area contributed by atoms with Crippen LogP contribution in [0.2, 0.25) is 0 Å². The number of nitrogens with zero attached hydrogens (tertiary/aromatic N) is 1. The normalized spacial score (nSPS) is 24.4. The van der Waals surface area contributed by atoms with E-state index >= 15 is 0 Å². The second-order valence-corrected chi connectivity index (χ2v) is 8.92. The number of rotatable bonds is 3. The van der Waals surface area contributed by atoms with Crippen LogP contribution in [-0.2, 0) is 28.7 Å². The number of ether oxygens (including phenoxy) is 1. The zero-order valence-electron chi connectivity index (χ0n) is 18.6. The molecular weight excluding hydrogens is 405 g/mol. The number of nitrogens with one attached hydrogen (secondary N) is 1. The van der Waals surface area contributed by atoms with E-state index in [1.807, 2.05) is 0 Å². The van der Waals surface area contributed by atoms with Crippen LogP contribution in [0.25, 0.3) is 0 Å². The Hall–Kier alpha value is -1.60. The van der Waals surface area contributed by atoms with Crippen molar-refractivity contribution < 1.29 is 22.7 Å². The summed E-state index contributed by atoms with van der Waals surface area (Å²) in [5.41, 5.74) is 0.377. The molecule has 1 aromatic carbocycles. The molecule has 1 unspecified atom stereocenters. The van der Waals surface area contributed by atoms with Gasteiger partial charge in [-0.2, -0.15) is 13.2 Å². The number of carbonyl (C=O) groups excluding carboxylic acids is 1. The third-order valence-corrected chi connectivity index (χ3v) is 6.36. The van der Waals surface area contributed by atoms with Crippen LogP contribution in [0.1, 0.15) is 69.1 Å². The Bertz CT molecular complexity index is 732. The quantitative estimate of drug-likeness (QED) is 0.724. The molecule has 2 heterocycles. The highest BCUT2D eigenvalue weighted by Gasteiger charge is 2.38. The first-order valence-electron chi connectivity index (χ1n) is 11.6. The Morgan fingerprint density at radius 3 is 2.52 bits per heavy atom. The first-order valence-corrected chi connectivity index (χ1v) is 11.6. The molecule has 2 fully saturated rings. The Balaban J connectivity index is 0.000000858. The van der Waals surface area contributed by atoms with E-state index in [1.165, 1.54) is 12.5 Å². The van der Waals surface area contributed by atoms with E-state index in [2.05, 4.69) is 19.2 Å². The first-order chi connectivity index (χ1) is 14.8. The molecule has 2 aliphatic heterocycles. The zero-order valence-corrected chi connectivity index (χ0v) is 18.6. The minimum atomic E-state index is -4.39. The van der Waals surface area contributed by atoms with Crippen LogP contribution in [0.5, 0.6) is 0 Å². The number of hydrogen-bond acceptors (Lipinski definition) is 3. The number of hydrogen-bond donors (Lipinski definition) is 1. The van der Waals surface area contributed by atoms with Crippen molar-refractivity contribution >= 4 is 5.91 Å². The summed E-state index contributed by atoms with van der Waals surface area (Å²) in [5, 5.41) is 3.65. The molecule has 1 saturated carbocycles. The van der Waals surface area contributed by atoms with Crippen molar-refractivity contribution in [2.45, 2.75) is 83.6 Å². The lowest BCUT2D eigenvalue weighted by molar-refractivity contribution is -0.141. The van der Waals surface area contributed by atoms with Crippen LogP contribution in [-0.4, -0.2) is 42.6 Å². The highest BCUT2D eigenvalue weighted by Crippen LogP contribution is 2.37. The van der Waals surface area contributed by atoms with Crippen molar-refractivity contribution in [3.63, 3.8) is 0 Å². The molecule has 0 bridgehead atoms. The van der Waals surface area contributed by atoms with E-state index in [0.717, 1.165) is 51.4 Å². The summed E-state index contributed by atoms with van der Waals surface area (Å²) in [6, 6.07) is 5.10. The standard InChI is InChI=1S/C21H27F3N2O2.C3H8/c22-21(23,24)19-3-1-2-14-6-9-26(13-18(14)19)20(27)15-4-5-17(12-15)25-16-7-10-28-11-8-16;1-3-2/h1-3,15-17,25H,4-13H2;3H2,1-2H3/t15?,17-;/m1./s1. The van der Waals surface area contributed by atoms with E-state index in [-0.39, 0.29) is 23.9 Å². The Morgan fingerprint density at radius 2 is 1.84 bits per heavy atom. The third-order valence-electron chi connectivity index (χ3n) is 6.36. The molecule has 4 rings (SSSR count). The van der Waals surface area contributed by atoms with Crippen molar-refractivity contribution in [3.05, 3.63) is 34.9 Å². The molecule has 1 saturated heterocycles. The zero-order chi connectivity index (χ0) is 22.4. The smallest absolute Gasteiger partial charge is 0.381 e. The van der Waals surface area contributed by atoms with Gasteiger partial charge >= 0.3 is 6.18 Å². The summed E-state index contributed by atoms with van der Waals surface area (Å²) >= 11 is 0. The molecule has 174 valence electrons. The van der Waals surface area contributed by atoms with Crippen molar-refractivity contribution in [2.75, 3.05) is 19.8 Å². The van der Waals surface area contributed by atoms with Gasteiger partial charge in [0.05, 0.1) is 5.56 Å². The van der Waals surface area contributed by atoms with Crippen LogP contribution < -0.4 is 5.32 Å². The van der Waals surface area contributed by atoms with Gasteiger partial charge in [-0.25, -0.2) is 0 Å². The molecule has 1 amide bonds. The summed E-state index contributed by atoms with van der Waals surface area (Å²) < 4.78 is 45.5. The molecule has 0 spiro atoms. The van der Waals surface area contributed by atoms with Gasteiger partial charge in [0.15, 0.2) is 0 Å². The van der Waals surface area contributed by atoms with Crippen LogP contribution in [0.15, 0.2) is 18.2 Å². The highest BCUT2D eigenvalue weighted by atomic mass is 19.4. The second-order valence-electron chi connectivity index (χ2n) is 8.92. The lowest BCUT2D eigenvalue weighted by atomic mass is 9.93. The summed E-state index contributed by atoms with van der Waals surface area (Å²) in [6.45, 7) is 6.38. The molecule has 7 heteroatoms. The van der Waals surface area contributed by atoms with Crippen LogP contribution in [0.3, 0.4) is 0 Å². The Morgan fingerprint density at radius 1 is 1.13 bits per heavy atom. The van der Waals surface area contributed by atoms with Gasteiger partial charge in [-0.05, 0) is 55.7 Å². The molecule has 4 nitrogen and oxygen atoms in total. The Kier molecular flexibility index (Phi) is 8.39. The predicted octanol–water partition coefficient (Wildman–Crippen LogP) is 4.94. The molecule has 2 atom stereocenters. The number of benzene rings is 1. The van der Waals surface area contributed by atoms with E-state index < -0.39 is 11.7 Å². The third kappa shape index (κ3) is 6.22. The van der Waals surface area contributed by atoms with Crippen LogP contribution >= 0.6 is 0 Å². The highest BCUT2D eigenvalue weighted by molar-refractivity contribution is 5.79. The van der Waals surface area contributed by atoms with E-state index in [4.69, 9.17) is 4.74 Å². The van der Waals surface area contributed by atoms with Gasteiger partial charge in [0, 0.05) is 44.3 Å². The van der Waals surface area contributed by atoms with Crippen molar-refractivity contribution in [3.8, 4) is 0 Å². The minimum absolute atomic E-state index is 0.0129. The largest absolute Gasteiger partial charge is 0.416 e. The summed E-state index contributed by atoms with van der Waals surface area (Å²) in [4.78, 5) is 14.6. The number of alkyl halides is 3. The second kappa shape index (κ2) is 10.8. The summed E-state index contributed by atoms with van der Waals surface area (Å²) in [5.74, 6) is -0.0733. The van der Waals surface area contributed by atoms with E-state index in [0.29, 0.717) is 30.6 Å². The van der Waals surface area contributed by atoms with Crippen molar-refractivity contribution in [1.29, 1.82) is 0 Å². The van der Waals surface area contributed by atoms with E-state index in [9.17, 15) is 18.0 Å². The SMILES string of the molecule is CCC.O=C(C1CC[C@@H](NC2CCOCC2)C1)N1CCc2cccc(C(F)(F)F)c2C1. The van der Waals surface area contributed by atoms with Gasteiger partial charge in [0.1, 0.15) is 0 Å². The first kappa shape index (κ1) is 24.1. The molecule has 1 aliphatic carbocycles. The molecule has 0 radical (unpaired) electrons. The summed E-state index contributed by atoms with van der Waals surface area (Å²) in [7, 11) is 0. The lowest BCUT2D eigenvalue weighted by Crippen LogP contribution is -2.42. The predicted molar refractivity (Wildman–Crippen MR) is 115 cm³/mol. The molecule has 1 aromatic rings. The maximum atomic E-state index is 13.4. The van der Waals surface area contributed by atoms with Gasteiger partial charge in [-0.1, -0.05) is 32.4 Å².